The van der Waals surface area contributed by atoms with Crippen molar-refractivity contribution in [1.82, 2.24) is 16.0 Å². The molecule has 0 aliphatic carbocycles. The lowest BCUT2D eigenvalue weighted by atomic mass is 9.96. The average molecular weight is 401 g/mol. The van der Waals surface area contributed by atoms with Crippen molar-refractivity contribution in [2.45, 2.75) is 85.5 Å². The number of hydrogen-bond donors (Lipinski definition) is 4. The zero-order valence-electron chi connectivity index (χ0n) is 18.2. The first-order chi connectivity index (χ1) is 12.7. The summed E-state index contributed by atoms with van der Waals surface area (Å²) in [5.41, 5.74) is 4.47. The van der Waals surface area contributed by atoms with Crippen LogP contribution in [0.15, 0.2) is 0 Å². The van der Waals surface area contributed by atoms with Gasteiger partial charge in [-0.05, 0) is 39.5 Å². The summed E-state index contributed by atoms with van der Waals surface area (Å²) >= 11 is 0. The van der Waals surface area contributed by atoms with Gasteiger partial charge in [-0.15, -0.1) is 0 Å². The zero-order valence-corrected chi connectivity index (χ0v) is 18.2. The molecule has 162 valence electrons. The van der Waals surface area contributed by atoms with Crippen LogP contribution in [0.4, 0.5) is 4.79 Å². The molecule has 4 amide bonds. The Balaban J connectivity index is 5.30. The zero-order chi connectivity index (χ0) is 22.2. The van der Waals surface area contributed by atoms with Gasteiger partial charge in [0, 0.05) is 0 Å². The van der Waals surface area contributed by atoms with E-state index in [1.165, 1.54) is 6.92 Å². The standard InChI is InChI=1S/C19H36N4O5/c1-9-11(4)14(23-18(27)28-19(6,7)8)17(26)22-13(10(2)3)16(25)21-12(5)15(20)24/h10-14H,9H2,1-8H3,(H2,20,24)(H,21,25)(H,22,26)(H,23,27)/t11-,12+,13-,14-/m0/s1. The predicted molar refractivity (Wildman–Crippen MR) is 106 cm³/mol. The third-order valence-corrected chi connectivity index (χ3v) is 4.20. The van der Waals surface area contributed by atoms with Gasteiger partial charge in [-0.2, -0.15) is 0 Å². The minimum Gasteiger partial charge on any atom is -0.444 e. The summed E-state index contributed by atoms with van der Waals surface area (Å²) in [5.74, 6) is -2.13. The van der Waals surface area contributed by atoms with Gasteiger partial charge in [0.2, 0.25) is 17.7 Å². The van der Waals surface area contributed by atoms with Crippen LogP contribution in [-0.2, 0) is 19.1 Å². The van der Waals surface area contributed by atoms with E-state index in [0.29, 0.717) is 6.42 Å². The Morgan fingerprint density at radius 2 is 1.39 bits per heavy atom. The van der Waals surface area contributed by atoms with E-state index in [0.717, 1.165) is 0 Å². The second kappa shape index (κ2) is 10.9. The van der Waals surface area contributed by atoms with Gasteiger partial charge in [0.25, 0.3) is 0 Å². The van der Waals surface area contributed by atoms with Gasteiger partial charge in [-0.25, -0.2) is 4.79 Å². The summed E-state index contributed by atoms with van der Waals surface area (Å²) in [5, 5.41) is 7.74. The number of hydrogen-bond acceptors (Lipinski definition) is 5. The summed E-state index contributed by atoms with van der Waals surface area (Å²) in [7, 11) is 0. The fourth-order valence-electron chi connectivity index (χ4n) is 2.29. The van der Waals surface area contributed by atoms with Crippen molar-refractivity contribution >= 4 is 23.8 Å². The molecule has 28 heavy (non-hydrogen) atoms. The number of alkyl carbamates (subject to hydrolysis) is 1. The number of primary amides is 1. The van der Waals surface area contributed by atoms with Crippen molar-refractivity contribution in [3.05, 3.63) is 0 Å². The molecule has 0 saturated carbocycles. The van der Waals surface area contributed by atoms with Gasteiger partial charge >= 0.3 is 6.09 Å². The van der Waals surface area contributed by atoms with E-state index in [4.69, 9.17) is 10.5 Å². The quantitative estimate of drug-likeness (QED) is 0.458. The summed E-state index contributed by atoms with van der Waals surface area (Å²) in [6.07, 6.45) is -0.0775. The van der Waals surface area contributed by atoms with Crippen molar-refractivity contribution in [2.75, 3.05) is 0 Å². The van der Waals surface area contributed by atoms with Gasteiger partial charge in [0.15, 0.2) is 0 Å². The first-order valence-corrected chi connectivity index (χ1v) is 9.59. The lowest BCUT2D eigenvalue weighted by Gasteiger charge is -2.29. The fraction of sp³-hybridized carbons (Fsp3) is 0.789. The number of carbonyl (C=O) groups excluding carboxylic acids is 4. The van der Waals surface area contributed by atoms with Gasteiger partial charge in [-0.3, -0.25) is 14.4 Å². The Hall–Kier alpha value is -2.32. The molecule has 0 saturated heterocycles. The number of nitrogens with two attached hydrogens (primary N) is 1. The second-order valence-electron chi connectivity index (χ2n) is 8.37. The minimum atomic E-state index is -0.888. The van der Waals surface area contributed by atoms with Gasteiger partial charge < -0.3 is 26.4 Å². The largest absolute Gasteiger partial charge is 0.444 e. The van der Waals surface area contributed by atoms with E-state index in [1.54, 1.807) is 34.6 Å². The highest BCUT2D eigenvalue weighted by molar-refractivity contribution is 5.93. The van der Waals surface area contributed by atoms with Crippen LogP contribution in [-0.4, -0.2) is 47.5 Å². The lowest BCUT2D eigenvalue weighted by Crippen LogP contribution is -2.58. The van der Waals surface area contributed by atoms with Crippen LogP contribution in [0, 0.1) is 11.8 Å². The molecule has 0 aromatic heterocycles. The van der Waals surface area contributed by atoms with E-state index in [2.05, 4.69) is 16.0 Å². The third kappa shape index (κ3) is 9.05. The smallest absolute Gasteiger partial charge is 0.408 e. The minimum absolute atomic E-state index is 0.187. The number of ether oxygens (including phenoxy) is 1. The summed E-state index contributed by atoms with van der Waals surface area (Å²) < 4.78 is 5.23. The van der Waals surface area contributed by atoms with Crippen molar-refractivity contribution < 1.29 is 23.9 Å². The van der Waals surface area contributed by atoms with Gasteiger partial charge in [0.1, 0.15) is 23.7 Å². The highest BCUT2D eigenvalue weighted by atomic mass is 16.6. The van der Waals surface area contributed by atoms with Crippen molar-refractivity contribution in [3.63, 3.8) is 0 Å². The van der Waals surface area contributed by atoms with E-state index >= 15 is 0 Å². The predicted octanol–water partition coefficient (Wildman–Crippen LogP) is 1.06. The number of amides is 4. The molecule has 0 heterocycles. The maximum Gasteiger partial charge on any atom is 0.408 e. The molecule has 0 aliphatic heterocycles. The lowest BCUT2D eigenvalue weighted by molar-refractivity contribution is -0.133. The highest BCUT2D eigenvalue weighted by Crippen LogP contribution is 2.12. The Labute approximate surface area is 167 Å². The Bertz CT molecular complexity index is 571. The second-order valence-corrected chi connectivity index (χ2v) is 8.37. The Morgan fingerprint density at radius 1 is 0.893 bits per heavy atom. The maximum atomic E-state index is 12.8. The van der Waals surface area contributed by atoms with Crippen LogP contribution < -0.4 is 21.7 Å². The van der Waals surface area contributed by atoms with Crippen LogP contribution in [0.25, 0.3) is 0 Å². The molecular formula is C19H36N4O5. The van der Waals surface area contributed by atoms with Crippen LogP contribution in [0.3, 0.4) is 0 Å². The first kappa shape index (κ1) is 25.7. The van der Waals surface area contributed by atoms with Crippen LogP contribution in [0.1, 0.15) is 61.8 Å². The molecule has 0 fully saturated rings. The van der Waals surface area contributed by atoms with E-state index in [9.17, 15) is 19.2 Å². The van der Waals surface area contributed by atoms with Crippen molar-refractivity contribution in [2.24, 2.45) is 17.6 Å². The monoisotopic (exact) mass is 400 g/mol. The molecule has 0 bridgehead atoms. The number of rotatable bonds is 9. The molecule has 9 nitrogen and oxygen atoms in total. The molecule has 0 aliphatic rings. The molecule has 9 heteroatoms. The van der Waals surface area contributed by atoms with Gasteiger partial charge in [-0.1, -0.05) is 34.1 Å². The molecule has 0 unspecified atom stereocenters. The van der Waals surface area contributed by atoms with Crippen LogP contribution in [0.2, 0.25) is 0 Å². The van der Waals surface area contributed by atoms with Gasteiger partial charge in [0.05, 0.1) is 0 Å². The molecule has 4 atom stereocenters. The van der Waals surface area contributed by atoms with Crippen LogP contribution >= 0.6 is 0 Å². The van der Waals surface area contributed by atoms with E-state index in [-0.39, 0.29) is 11.8 Å². The molecule has 0 aromatic carbocycles. The number of carbonyl (C=O) groups is 4. The molecular weight excluding hydrogens is 364 g/mol. The molecule has 0 rings (SSSR count). The average Bonchev–Trinajstić information content (AvgIpc) is 2.54. The molecule has 0 aromatic rings. The SMILES string of the molecule is CC[C@H](C)[C@H](NC(=O)OC(C)(C)C)C(=O)N[C@H](C(=O)N[C@H](C)C(N)=O)C(C)C. The topological polar surface area (TPSA) is 140 Å². The summed E-state index contributed by atoms with van der Waals surface area (Å²) in [6.45, 7) is 13.9. The van der Waals surface area contributed by atoms with Crippen LogP contribution in [0.5, 0.6) is 0 Å². The summed E-state index contributed by atoms with van der Waals surface area (Å²) in [4.78, 5) is 48.6. The first-order valence-electron chi connectivity index (χ1n) is 9.59. The third-order valence-electron chi connectivity index (χ3n) is 4.20. The Morgan fingerprint density at radius 3 is 1.79 bits per heavy atom. The van der Waals surface area contributed by atoms with Crippen molar-refractivity contribution in [1.29, 1.82) is 0 Å². The molecule has 0 radical (unpaired) electrons. The van der Waals surface area contributed by atoms with Crippen molar-refractivity contribution in [3.8, 4) is 0 Å². The number of nitrogens with one attached hydrogen (secondary N) is 3. The maximum absolute atomic E-state index is 12.8. The normalized spacial score (nSPS) is 15.8. The van der Waals surface area contributed by atoms with E-state index < -0.39 is 47.5 Å². The fourth-order valence-corrected chi connectivity index (χ4v) is 2.29. The molecule has 5 N–H and O–H groups in total. The molecule has 0 spiro atoms. The Kier molecular flexibility index (Phi) is 9.97. The summed E-state index contributed by atoms with van der Waals surface area (Å²) in [6, 6.07) is -2.63. The highest BCUT2D eigenvalue weighted by Gasteiger charge is 2.33. The van der Waals surface area contributed by atoms with E-state index in [1.807, 2.05) is 13.8 Å².